The molecule has 37 heavy (non-hydrogen) atoms. The largest absolute Gasteiger partial charge is 0.493 e. The molecule has 2 heterocycles. The third-order valence-electron chi connectivity index (χ3n) is 5.93. The van der Waals surface area contributed by atoms with Gasteiger partial charge in [0.1, 0.15) is 11.2 Å². The van der Waals surface area contributed by atoms with Crippen molar-refractivity contribution in [1.29, 1.82) is 0 Å². The van der Waals surface area contributed by atoms with Gasteiger partial charge in [-0.1, -0.05) is 29.8 Å². The van der Waals surface area contributed by atoms with Crippen molar-refractivity contribution < 1.29 is 35.9 Å². The summed E-state index contributed by atoms with van der Waals surface area (Å²) in [6.45, 7) is 3.21. The van der Waals surface area contributed by atoms with Gasteiger partial charge in [0, 0.05) is 24.7 Å². The molecule has 202 valence electrons. The molecule has 0 aliphatic carbocycles. The topological polar surface area (TPSA) is 58.9 Å². The van der Waals surface area contributed by atoms with E-state index in [1.807, 2.05) is 0 Å². The van der Waals surface area contributed by atoms with Crippen LogP contribution in [0.15, 0.2) is 42.7 Å². The summed E-state index contributed by atoms with van der Waals surface area (Å²) in [4.78, 5) is 18.1. The van der Waals surface area contributed by atoms with E-state index < -0.39 is 43.3 Å². The molecule has 0 fully saturated rings. The van der Waals surface area contributed by atoms with Gasteiger partial charge in [-0.2, -0.15) is 26.3 Å². The molecule has 3 aromatic rings. The minimum Gasteiger partial charge on any atom is -0.493 e. The minimum atomic E-state index is -5.03. The van der Waals surface area contributed by atoms with Crippen LogP contribution in [-0.4, -0.2) is 52.4 Å². The number of nitrogens with one attached hydrogen (secondary N) is 1. The Kier molecular flexibility index (Phi) is 8.51. The SMILES string of the molecule is CCN(C(=O)N[C@@H](CCC(F)(F)F)C(F)(F)F)[C@H](C)c1cccc(-c2cc(OC)c3ncc(Cl)n3c2)c1. The second-order valence-corrected chi connectivity index (χ2v) is 8.74. The first-order valence-electron chi connectivity index (χ1n) is 11.3. The van der Waals surface area contributed by atoms with Gasteiger partial charge in [-0.25, -0.2) is 9.78 Å². The Morgan fingerprint density at radius 3 is 2.49 bits per heavy atom. The molecule has 6 nitrogen and oxygen atoms in total. The summed E-state index contributed by atoms with van der Waals surface area (Å²) in [5.74, 6) is 0.467. The summed E-state index contributed by atoms with van der Waals surface area (Å²) in [6, 6.07) is 4.30. The molecule has 3 rings (SSSR count). The molecule has 2 aromatic heterocycles. The molecule has 13 heteroatoms. The number of aromatic nitrogens is 2. The predicted molar refractivity (Wildman–Crippen MR) is 127 cm³/mol. The van der Waals surface area contributed by atoms with Crippen molar-refractivity contribution in [2.75, 3.05) is 13.7 Å². The van der Waals surface area contributed by atoms with Crippen molar-refractivity contribution in [1.82, 2.24) is 19.6 Å². The Morgan fingerprint density at radius 2 is 1.89 bits per heavy atom. The Balaban J connectivity index is 1.86. The molecule has 1 aromatic carbocycles. The molecule has 0 bridgehead atoms. The maximum Gasteiger partial charge on any atom is 0.408 e. The van der Waals surface area contributed by atoms with E-state index in [1.165, 1.54) is 13.3 Å². The molecule has 1 N–H and O–H groups in total. The number of fused-ring (bicyclic) bond motifs is 1. The monoisotopic (exact) mass is 550 g/mol. The van der Waals surface area contributed by atoms with Crippen molar-refractivity contribution in [2.24, 2.45) is 0 Å². The Labute approximate surface area is 214 Å². The van der Waals surface area contributed by atoms with Crippen LogP contribution >= 0.6 is 11.6 Å². The summed E-state index contributed by atoms with van der Waals surface area (Å²) < 4.78 is 84.6. The average molecular weight is 551 g/mol. The van der Waals surface area contributed by atoms with Crippen molar-refractivity contribution in [3.8, 4) is 16.9 Å². The lowest BCUT2D eigenvalue weighted by Crippen LogP contribution is -2.51. The van der Waals surface area contributed by atoms with Gasteiger partial charge in [-0.05, 0) is 43.5 Å². The van der Waals surface area contributed by atoms with E-state index in [4.69, 9.17) is 16.3 Å². The maximum atomic E-state index is 13.3. The van der Waals surface area contributed by atoms with Crippen LogP contribution in [0.5, 0.6) is 5.75 Å². The summed E-state index contributed by atoms with van der Waals surface area (Å²) in [7, 11) is 1.49. The van der Waals surface area contributed by atoms with Crippen molar-refractivity contribution in [3.63, 3.8) is 0 Å². The van der Waals surface area contributed by atoms with Crippen LogP contribution in [0.4, 0.5) is 31.1 Å². The van der Waals surface area contributed by atoms with Crippen LogP contribution in [0.25, 0.3) is 16.8 Å². The summed E-state index contributed by atoms with van der Waals surface area (Å²) >= 11 is 6.21. The number of urea groups is 1. The van der Waals surface area contributed by atoms with E-state index >= 15 is 0 Å². The zero-order chi connectivity index (χ0) is 27.5. The summed E-state index contributed by atoms with van der Waals surface area (Å²) in [5.41, 5.74) is 2.53. The first-order valence-corrected chi connectivity index (χ1v) is 11.6. The van der Waals surface area contributed by atoms with E-state index in [2.05, 4.69) is 4.98 Å². The lowest BCUT2D eigenvalue weighted by molar-refractivity contribution is -0.171. The third-order valence-corrected chi connectivity index (χ3v) is 6.21. The number of benzene rings is 1. The number of alkyl halides is 6. The normalized spacial score (nSPS) is 13.9. The van der Waals surface area contributed by atoms with Crippen molar-refractivity contribution in [3.05, 3.63) is 53.4 Å². The fourth-order valence-electron chi connectivity index (χ4n) is 3.94. The van der Waals surface area contributed by atoms with Gasteiger partial charge in [-0.15, -0.1) is 0 Å². The Hall–Kier alpha value is -3.15. The second-order valence-electron chi connectivity index (χ2n) is 8.36. The molecule has 0 aliphatic heterocycles. The molecule has 2 amide bonds. The van der Waals surface area contributed by atoms with Crippen LogP contribution in [-0.2, 0) is 0 Å². The molecular weight excluding hydrogens is 526 g/mol. The van der Waals surface area contributed by atoms with Gasteiger partial charge in [0.05, 0.1) is 19.3 Å². The van der Waals surface area contributed by atoms with E-state index in [0.29, 0.717) is 33.2 Å². The quantitative estimate of drug-likeness (QED) is 0.306. The summed E-state index contributed by atoms with van der Waals surface area (Å²) in [6.07, 6.45) is -9.57. The first-order chi connectivity index (χ1) is 17.2. The number of hydrogen-bond acceptors (Lipinski definition) is 3. The van der Waals surface area contributed by atoms with Crippen LogP contribution < -0.4 is 10.1 Å². The Morgan fingerprint density at radius 1 is 1.19 bits per heavy atom. The van der Waals surface area contributed by atoms with Crippen molar-refractivity contribution >= 4 is 23.3 Å². The van der Waals surface area contributed by atoms with E-state index in [9.17, 15) is 31.1 Å². The zero-order valence-corrected chi connectivity index (χ0v) is 20.9. The van der Waals surface area contributed by atoms with Gasteiger partial charge in [0.15, 0.2) is 11.4 Å². The van der Waals surface area contributed by atoms with Crippen LogP contribution in [0.3, 0.4) is 0 Å². The second kappa shape index (κ2) is 11.1. The highest BCUT2D eigenvalue weighted by Crippen LogP contribution is 2.33. The molecule has 0 spiro atoms. The fourth-order valence-corrected chi connectivity index (χ4v) is 4.12. The highest BCUT2D eigenvalue weighted by molar-refractivity contribution is 6.29. The molecule has 0 aliphatic rings. The Bertz CT molecular complexity index is 1240. The van der Waals surface area contributed by atoms with Gasteiger partial charge in [-0.3, -0.25) is 4.40 Å². The van der Waals surface area contributed by atoms with E-state index in [-0.39, 0.29) is 6.54 Å². The lowest BCUT2D eigenvalue weighted by Gasteiger charge is -2.31. The fraction of sp³-hybridized carbons (Fsp3) is 0.417. The number of hydrogen-bond donors (Lipinski definition) is 1. The standard InChI is InChI=1S/C24H25ClF6N4O2/c1-4-34(22(36)33-19(24(29,30)31)8-9-23(26,27)28)14(2)15-6-5-7-16(10-15)17-11-18(37-3)21-32-12-20(25)35(21)13-17/h5-7,10-14,19H,4,8-9H2,1-3H3,(H,33,36)/t14-,19+/m1/s1. The number of imidazole rings is 1. The molecule has 0 saturated carbocycles. The van der Waals surface area contributed by atoms with Crippen LogP contribution in [0, 0.1) is 0 Å². The van der Waals surface area contributed by atoms with Crippen LogP contribution in [0.2, 0.25) is 5.15 Å². The maximum absolute atomic E-state index is 13.3. The molecule has 0 saturated heterocycles. The van der Waals surface area contributed by atoms with E-state index in [1.54, 1.807) is 60.1 Å². The highest BCUT2D eigenvalue weighted by atomic mass is 35.5. The number of nitrogens with zero attached hydrogens (tertiary/aromatic N) is 3. The van der Waals surface area contributed by atoms with Gasteiger partial charge >= 0.3 is 18.4 Å². The third kappa shape index (κ3) is 6.79. The van der Waals surface area contributed by atoms with Crippen LogP contribution in [0.1, 0.15) is 38.3 Å². The number of methoxy groups -OCH3 is 1. The number of carbonyl (C=O) groups excluding carboxylic acids is 1. The van der Waals surface area contributed by atoms with Crippen molar-refractivity contribution in [2.45, 2.75) is 51.1 Å². The van der Waals surface area contributed by atoms with Gasteiger partial charge in [0.2, 0.25) is 0 Å². The first kappa shape index (κ1) is 28.4. The number of pyridine rings is 1. The molecule has 2 atom stereocenters. The lowest BCUT2D eigenvalue weighted by atomic mass is 10.00. The van der Waals surface area contributed by atoms with Gasteiger partial charge < -0.3 is 15.0 Å². The number of amides is 2. The summed E-state index contributed by atoms with van der Waals surface area (Å²) in [5, 5.41) is 2.10. The number of halogens is 7. The highest BCUT2D eigenvalue weighted by Gasteiger charge is 2.43. The predicted octanol–water partition coefficient (Wildman–Crippen LogP) is 7.03. The number of rotatable bonds is 8. The minimum absolute atomic E-state index is 0.0193. The molecule has 0 unspecified atom stereocenters. The van der Waals surface area contributed by atoms with E-state index in [0.717, 1.165) is 4.90 Å². The number of carbonyl (C=O) groups is 1. The smallest absolute Gasteiger partial charge is 0.408 e. The average Bonchev–Trinajstić information content (AvgIpc) is 3.21. The number of ether oxygens (including phenoxy) is 1. The zero-order valence-electron chi connectivity index (χ0n) is 20.1. The molecular formula is C24H25ClF6N4O2. The van der Waals surface area contributed by atoms with Gasteiger partial charge in [0.25, 0.3) is 0 Å². The molecule has 0 radical (unpaired) electrons.